The molecule has 1 aromatic carbocycles. The van der Waals surface area contributed by atoms with E-state index in [1.54, 1.807) is 18.2 Å². The van der Waals surface area contributed by atoms with E-state index in [0.29, 0.717) is 16.3 Å². The fourth-order valence-electron chi connectivity index (χ4n) is 1.88. The molecule has 0 aliphatic carbocycles. The highest BCUT2D eigenvalue weighted by Crippen LogP contribution is 2.22. The zero-order valence-corrected chi connectivity index (χ0v) is 11.0. The molecule has 1 fully saturated rings. The van der Waals surface area contributed by atoms with Gasteiger partial charge in [0.05, 0.1) is 12.7 Å². The Hall–Kier alpha value is -1.66. The highest BCUT2D eigenvalue weighted by molar-refractivity contribution is 6.31. The molecule has 18 heavy (non-hydrogen) atoms. The van der Waals surface area contributed by atoms with E-state index in [0.717, 1.165) is 25.9 Å². The van der Waals surface area contributed by atoms with Crippen LogP contribution in [0.2, 0.25) is 5.02 Å². The summed E-state index contributed by atoms with van der Waals surface area (Å²) in [6, 6.07) is 7.83. The zero-order valence-electron chi connectivity index (χ0n) is 10.2. The van der Waals surface area contributed by atoms with Crippen molar-refractivity contribution < 1.29 is 9.53 Å². The molecule has 0 spiro atoms. The summed E-state index contributed by atoms with van der Waals surface area (Å²) in [5, 5.41) is 0.502. The molecule has 0 atom stereocenters. The molecule has 2 rings (SSSR count). The van der Waals surface area contributed by atoms with Gasteiger partial charge in [0.1, 0.15) is 5.75 Å². The average Bonchev–Trinajstić information content (AvgIpc) is 2.89. The lowest BCUT2D eigenvalue weighted by atomic mass is 10.1. The SMILES string of the molecule is COc1ccc(Cl)cc1C(=O)C#CN1CCCC1. The van der Waals surface area contributed by atoms with E-state index < -0.39 is 0 Å². The Bertz CT molecular complexity index is 510. The lowest BCUT2D eigenvalue weighted by Gasteiger charge is -2.06. The van der Waals surface area contributed by atoms with Gasteiger partial charge in [-0.1, -0.05) is 11.6 Å². The van der Waals surface area contributed by atoms with Crippen LogP contribution in [-0.4, -0.2) is 30.9 Å². The first-order valence-electron chi connectivity index (χ1n) is 5.85. The quantitative estimate of drug-likeness (QED) is 0.607. The molecule has 0 aromatic heterocycles. The fraction of sp³-hybridized carbons (Fsp3) is 0.357. The van der Waals surface area contributed by atoms with Gasteiger partial charge in [-0.25, -0.2) is 0 Å². The number of methoxy groups -OCH3 is 1. The fourth-order valence-corrected chi connectivity index (χ4v) is 2.06. The minimum atomic E-state index is -0.263. The molecule has 94 valence electrons. The second-order valence-electron chi connectivity index (χ2n) is 4.10. The monoisotopic (exact) mass is 263 g/mol. The number of hydrogen-bond donors (Lipinski definition) is 0. The Morgan fingerprint density at radius 2 is 2.11 bits per heavy atom. The predicted octanol–water partition coefficient (Wildman–Crippen LogP) is 2.59. The largest absolute Gasteiger partial charge is 0.496 e. The van der Waals surface area contributed by atoms with E-state index in [2.05, 4.69) is 12.0 Å². The van der Waals surface area contributed by atoms with Gasteiger partial charge >= 0.3 is 0 Å². The van der Waals surface area contributed by atoms with Crippen LogP contribution in [0, 0.1) is 12.0 Å². The van der Waals surface area contributed by atoms with E-state index in [9.17, 15) is 4.79 Å². The Morgan fingerprint density at radius 3 is 2.78 bits per heavy atom. The van der Waals surface area contributed by atoms with Crippen LogP contribution >= 0.6 is 11.6 Å². The van der Waals surface area contributed by atoms with Crippen LogP contribution in [0.3, 0.4) is 0 Å². The van der Waals surface area contributed by atoms with Crippen molar-refractivity contribution >= 4 is 17.4 Å². The summed E-state index contributed by atoms with van der Waals surface area (Å²) < 4.78 is 5.13. The molecule has 1 aliphatic heterocycles. The van der Waals surface area contributed by atoms with E-state index >= 15 is 0 Å². The number of ether oxygens (including phenoxy) is 1. The predicted molar refractivity (Wildman–Crippen MR) is 70.9 cm³/mol. The average molecular weight is 264 g/mol. The number of hydrogen-bond acceptors (Lipinski definition) is 3. The number of Topliss-reactive ketones (excluding diaryl/α,β-unsaturated/α-hetero) is 1. The maximum atomic E-state index is 12.0. The summed E-state index contributed by atoms with van der Waals surface area (Å²) in [4.78, 5) is 14.0. The third kappa shape index (κ3) is 2.96. The van der Waals surface area contributed by atoms with Crippen molar-refractivity contribution in [3.8, 4) is 17.7 Å². The number of benzene rings is 1. The highest BCUT2D eigenvalue weighted by atomic mass is 35.5. The summed E-state index contributed by atoms with van der Waals surface area (Å²) in [5.74, 6) is 2.88. The second kappa shape index (κ2) is 5.79. The molecule has 0 radical (unpaired) electrons. The first-order chi connectivity index (χ1) is 8.70. The van der Waals surface area contributed by atoms with Crippen molar-refractivity contribution in [2.24, 2.45) is 0 Å². The summed E-state index contributed by atoms with van der Waals surface area (Å²) in [6.07, 6.45) is 2.28. The summed E-state index contributed by atoms with van der Waals surface area (Å²) in [5.41, 5.74) is 0.414. The van der Waals surface area contributed by atoms with Crippen molar-refractivity contribution in [3.63, 3.8) is 0 Å². The maximum absolute atomic E-state index is 12.0. The molecule has 4 heteroatoms. The number of halogens is 1. The van der Waals surface area contributed by atoms with Crippen LogP contribution in [0.25, 0.3) is 0 Å². The molecule has 1 aliphatic rings. The van der Waals surface area contributed by atoms with Crippen LogP contribution in [0.5, 0.6) is 5.75 Å². The van der Waals surface area contributed by atoms with Crippen molar-refractivity contribution in [2.75, 3.05) is 20.2 Å². The number of nitrogens with zero attached hydrogens (tertiary/aromatic N) is 1. The van der Waals surface area contributed by atoms with Gasteiger partial charge in [0.25, 0.3) is 0 Å². The Morgan fingerprint density at radius 1 is 1.39 bits per heavy atom. The first-order valence-corrected chi connectivity index (χ1v) is 6.23. The van der Waals surface area contributed by atoms with Gasteiger partial charge < -0.3 is 9.64 Å². The molecule has 3 nitrogen and oxygen atoms in total. The third-order valence-electron chi connectivity index (χ3n) is 2.84. The van der Waals surface area contributed by atoms with Crippen molar-refractivity contribution in [3.05, 3.63) is 28.8 Å². The minimum absolute atomic E-state index is 0.263. The first kappa shape index (κ1) is 12.8. The molecule has 0 unspecified atom stereocenters. The number of carbonyl (C=O) groups is 1. The van der Waals surface area contributed by atoms with Crippen LogP contribution in [0.15, 0.2) is 18.2 Å². The van der Waals surface area contributed by atoms with Crippen molar-refractivity contribution in [2.45, 2.75) is 12.8 Å². The van der Waals surface area contributed by atoms with Gasteiger partial charge in [0, 0.05) is 30.1 Å². The lowest BCUT2D eigenvalue weighted by Crippen LogP contribution is -2.12. The standard InChI is InChI=1S/C14H14ClNO2/c1-18-14-5-4-11(15)10-12(14)13(17)6-9-16-7-2-3-8-16/h4-5,10H,2-3,7-8H2,1H3. The Balaban J connectivity index is 2.19. The molecule has 0 amide bonds. The molecule has 0 N–H and O–H groups in total. The van der Waals surface area contributed by atoms with Crippen LogP contribution < -0.4 is 4.74 Å². The van der Waals surface area contributed by atoms with Crippen LogP contribution in [0.4, 0.5) is 0 Å². The molecular weight excluding hydrogens is 250 g/mol. The Kier molecular flexibility index (Phi) is 4.11. The molecule has 0 bridgehead atoms. The third-order valence-corrected chi connectivity index (χ3v) is 3.07. The Labute approximate surface area is 112 Å². The number of carbonyl (C=O) groups excluding carboxylic acids is 1. The molecule has 1 aromatic rings. The second-order valence-corrected chi connectivity index (χ2v) is 4.54. The summed E-state index contributed by atoms with van der Waals surface area (Å²) >= 11 is 5.88. The lowest BCUT2D eigenvalue weighted by molar-refractivity contribution is 0.105. The van der Waals surface area contributed by atoms with E-state index in [-0.39, 0.29) is 5.78 Å². The molecular formula is C14H14ClNO2. The van der Waals surface area contributed by atoms with Crippen LogP contribution in [0.1, 0.15) is 23.2 Å². The van der Waals surface area contributed by atoms with E-state index in [1.807, 2.05) is 4.90 Å². The van der Waals surface area contributed by atoms with Crippen LogP contribution in [-0.2, 0) is 0 Å². The molecule has 1 heterocycles. The zero-order chi connectivity index (χ0) is 13.0. The van der Waals surface area contributed by atoms with Gasteiger partial charge in [-0.05, 0) is 31.0 Å². The number of likely N-dealkylation sites (tertiary alicyclic amines) is 1. The topological polar surface area (TPSA) is 29.5 Å². The number of rotatable bonds is 2. The molecule has 1 saturated heterocycles. The molecule has 0 saturated carbocycles. The smallest absolute Gasteiger partial charge is 0.241 e. The van der Waals surface area contributed by atoms with Crippen molar-refractivity contribution in [1.82, 2.24) is 4.90 Å². The van der Waals surface area contributed by atoms with Gasteiger partial charge in [-0.3, -0.25) is 4.79 Å². The maximum Gasteiger partial charge on any atom is 0.241 e. The highest BCUT2D eigenvalue weighted by Gasteiger charge is 2.12. The normalized spacial score (nSPS) is 14.0. The minimum Gasteiger partial charge on any atom is -0.496 e. The van der Waals surface area contributed by atoms with Gasteiger partial charge in [-0.2, -0.15) is 0 Å². The summed E-state index contributed by atoms with van der Waals surface area (Å²) in [7, 11) is 1.52. The summed E-state index contributed by atoms with van der Waals surface area (Å²) in [6.45, 7) is 1.87. The van der Waals surface area contributed by atoms with Gasteiger partial charge in [0.2, 0.25) is 5.78 Å². The van der Waals surface area contributed by atoms with Crippen molar-refractivity contribution in [1.29, 1.82) is 0 Å². The van der Waals surface area contributed by atoms with Gasteiger partial charge in [0.15, 0.2) is 0 Å². The van der Waals surface area contributed by atoms with E-state index in [4.69, 9.17) is 16.3 Å². The van der Waals surface area contributed by atoms with E-state index in [1.165, 1.54) is 7.11 Å². The number of ketones is 1. The van der Waals surface area contributed by atoms with Gasteiger partial charge in [-0.15, -0.1) is 0 Å².